The van der Waals surface area contributed by atoms with Gasteiger partial charge in [0.25, 0.3) is 0 Å². The van der Waals surface area contributed by atoms with Crippen molar-refractivity contribution >= 4 is 0 Å². The van der Waals surface area contributed by atoms with Crippen molar-refractivity contribution in [2.24, 2.45) is 0 Å². The van der Waals surface area contributed by atoms with E-state index in [4.69, 9.17) is 0 Å². The first kappa shape index (κ1) is 10.6. The van der Waals surface area contributed by atoms with E-state index in [2.05, 4.69) is 23.8 Å². The van der Waals surface area contributed by atoms with Crippen LogP contribution in [0, 0.1) is 0 Å². The van der Waals surface area contributed by atoms with Crippen LogP contribution in [0.2, 0.25) is 0 Å². The summed E-state index contributed by atoms with van der Waals surface area (Å²) in [6, 6.07) is 9.00. The van der Waals surface area contributed by atoms with Crippen molar-refractivity contribution in [3.05, 3.63) is 42.2 Å². The van der Waals surface area contributed by atoms with Gasteiger partial charge >= 0.3 is 0 Å². The third-order valence-electron chi connectivity index (χ3n) is 2.41. The van der Waals surface area contributed by atoms with Gasteiger partial charge in [-0.2, -0.15) is 0 Å². The van der Waals surface area contributed by atoms with Gasteiger partial charge in [-0.1, -0.05) is 26.0 Å². The smallest absolute Gasteiger partial charge is 0.163 e. The molecule has 0 aliphatic heterocycles. The van der Waals surface area contributed by atoms with Crippen molar-refractivity contribution in [1.29, 1.82) is 0 Å². The molecule has 0 atom stereocenters. The van der Waals surface area contributed by atoms with Gasteiger partial charge < -0.3 is 5.11 Å². The molecular weight excluding hydrogens is 200 g/mol. The van der Waals surface area contributed by atoms with Crippen LogP contribution in [0.3, 0.4) is 0 Å². The molecule has 2 rings (SSSR count). The summed E-state index contributed by atoms with van der Waals surface area (Å²) < 4.78 is 0. The highest BCUT2D eigenvalue weighted by atomic mass is 16.3. The molecule has 3 heteroatoms. The number of benzene rings is 1. The van der Waals surface area contributed by atoms with Gasteiger partial charge in [-0.3, -0.25) is 0 Å². The summed E-state index contributed by atoms with van der Waals surface area (Å²) in [5, 5.41) is 9.71. The van der Waals surface area contributed by atoms with E-state index in [1.54, 1.807) is 18.3 Å². The van der Waals surface area contributed by atoms with Crippen LogP contribution in [0.1, 0.15) is 25.5 Å². The highest BCUT2D eigenvalue weighted by molar-refractivity contribution is 5.63. The molecule has 0 spiro atoms. The van der Waals surface area contributed by atoms with Gasteiger partial charge in [0.1, 0.15) is 5.75 Å². The Kier molecular flexibility index (Phi) is 2.86. The largest absolute Gasteiger partial charge is 0.507 e. The molecule has 16 heavy (non-hydrogen) atoms. The Labute approximate surface area is 94.8 Å². The molecule has 0 unspecified atom stereocenters. The van der Waals surface area contributed by atoms with Gasteiger partial charge in [0.2, 0.25) is 0 Å². The van der Waals surface area contributed by atoms with Crippen LogP contribution in [-0.4, -0.2) is 15.1 Å². The summed E-state index contributed by atoms with van der Waals surface area (Å²) in [6.07, 6.45) is 1.73. The van der Waals surface area contributed by atoms with Gasteiger partial charge in [-0.05, 0) is 24.1 Å². The molecule has 0 bridgehead atoms. The fraction of sp³-hybridized carbons (Fsp3) is 0.231. The molecule has 0 amide bonds. The van der Waals surface area contributed by atoms with Crippen molar-refractivity contribution in [2.75, 3.05) is 0 Å². The molecule has 82 valence electrons. The molecule has 0 fully saturated rings. The third-order valence-corrected chi connectivity index (χ3v) is 2.41. The van der Waals surface area contributed by atoms with E-state index in [0.717, 1.165) is 5.69 Å². The maximum Gasteiger partial charge on any atom is 0.163 e. The zero-order valence-corrected chi connectivity index (χ0v) is 9.38. The van der Waals surface area contributed by atoms with Gasteiger partial charge in [-0.25, -0.2) is 9.97 Å². The van der Waals surface area contributed by atoms with Gasteiger partial charge in [-0.15, -0.1) is 0 Å². The minimum absolute atomic E-state index is 0.211. The molecular formula is C13H14N2O. The lowest BCUT2D eigenvalue weighted by Gasteiger charge is -2.07. The lowest BCUT2D eigenvalue weighted by Crippen LogP contribution is -1.96. The van der Waals surface area contributed by atoms with E-state index >= 15 is 0 Å². The first-order valence-electron chi connectivity index (χ1n) is 5.30. The number of hydrogen-bond acceptors (Lipinski definition) is 3. The van der Waals surface area contributed by atoms with Crippen LogP contribution >= 0.6 is 0 Å². The molecule has 3 nitrogen and oxygen atoms in total. The molecule has 1 heterocycles. The molecule has 0 saturated carbocycles. The minimum Gasteiger partial charge on any atom is -0.507 e. The Balaban J connectivity index is 2.49. The monoisotopic (exact) mass is 214 g/mol. The van der Waals surface area contributed by atoms with Crippen molar-refractivity contribution in [3.63, 3.8) is 0 Å². The topological polar surface area (TPSA) is 46.0 Å². The summed E-state index contributed by atoms with van der Waals surface area (Å²) in [5.74, 6) is 1.14. The van der Waals surface area contributed by atoms with Crippen molar-refractivity contribution in [1.82, 2.24) is 9.97 Å². The number of hydrogen-bond donors (Lipinski definition) is 1. The summed E-state index contributed by atoms with van der Waals surface area (Å²) in [7, 11) is 0. The predicted molar refractivity (Wildman–Crippen MR) is 63.2 cm³/mol. The van der Waals surface area contributed by atoms with E-state index < -0.39 is 0 Å². The third kappa shape index (κ3) is 2.03. The summed E-state index contributed by atoms with van der Waals surface area (Å²) in [4.78, 5) is 8.61. The highest BCUT2D eigenvalue weighted by Gasteiger charge is 2.08. The Bertz CT molecular complexity index is 495. The number of nitrogens with zero attached hydrogens (tertiary/aromatic N) is 2. The lowest BCUT2D eigenvalue weighted by atomic mass is 10.1. The summed E-state index contributed by atoms with van der Waals surface area (Å²) in [6.45, 7) is 4.16. The molecule has 1 aromatic carbocycles. The maximum absolute atomic E-state index is 9.71. The molecule has 0 aliphatic rings. The second kappa shape index (κ2) is 4.31. The Hall–Kier alpha value is -1.90. The quantitative estimate of drug-likeness (QED) is 0.835. The molecule has 0 radical (unpaired) electrons. The van der Waals surface area contributed by atoms with Crippen LogP contribution in [0.4, 0.5) is 0 Å². The number of para-hydroxylation sites is 1. The molecule has 0 saturated heterocycles. The van der Waals surface area contributed by atoms with Crippen LogP contribution in [0.25, 0.3) is 11.4 Å². The van der Waals surface area contributed by atoms with Crippen LogP contribution in [0.5, 0.6) is 5.75 Å². The van der Waals surface area contributed by atoms with Crippen molar-refractivity contribution in [3.8, 4) is 17.1 Å². The first-order valence-corrected chi connectivity index (χ1v) is 5.30. The van der Waals surface area contributed by atoms with E-state index in [9.17, 15) is 5.11 Å². The standard InChI is InChI=1S/C13H14N2O/c1-9(2)11-7-8-14-13(15-11)10-5-3-4-6-12(10)16/h3-9,16H,1-2H3. The molecule has 2 aromatic rings. The van der Waals surface area contributed by atoms with Crippen LogP contribution in [0.15, 0.2) is 36.5 Å². The van der Waals surface area contributed by atoms with Gasteiger partial charge in [0, 0.05) is 11.9 Å². The lowest BCUT2D eigenvalue weighted by molar-refractivity contribution is 0.477. The molecule has 0 aliphatic carbocycles. The number of phenols is 1. The van der Waals surface area contributed by atoms with Crippen LogP contribution < -0.4 is 0 Å². The Morgan fingerprint density at radius 1 is 1.12 bits per heavy atom. The molecule has 1 aromatic heterocycles. The number of aromatic hydroxyl groups is 1. The average Bonchev–Trinajstić information content (AvgIpc) is 2.30. The summed E-state index contributed by atoms with van der Waals surface area (Å²) in [5.41, 5.74) is 1.65. The van der Waals surface area contributed by atoms with E-state index in [-0.39, 0.29) is 5.75 Å². The highest BCUT2D eigenvalue weighted by Crippen LogP contribution is 2.26. The first-order chi connectivity index (χ1) is 7.68. The Morgan fingerprint density at radius 2 is 1.88 bits per heavy atom. The zero-order chi connectivity index (χ0) is 11.5. The summed E-state index contributed by atoms with van der Waals surface area (Å²) >= 11 is 0. The van der Waals surface area contributed by atoms with Crippen molar-refractivity contribution in [2.45, 2.75) is 19.8 Å². The normalized spacial score (nSPS) is 10.7. The number of phenolic OH excluding ortho intramolecular Hbond substituents is 1. The van der Waals surface area contributed by atoms with Crippen LogP contribution in [-0.2, 0) is 0 Å². The second-order valence-corrected chi connectivity index (χ2v) is 3.98. The van der Waals surface area contributed by atoms with E-state index in [1.165, 1.54) is 0 Å². The zero-order valence-electron chi connectivity index (χ0n) is 9.38. The predicted octanol–water partition coefficient (Wildman–Crippen LogP) is 2.97. The molecule has 1 N–H and O–H groups in total. The van der Waals surface area contributed by atoms with E-state index in [1.807, 2.05) is 18.2 Å². The second-order valence-electron chi connectivity index (χ2n) is 3.98. The van der Waals surface area contributed by atoms with Gasteiger partial charge in [0.15, 0.2) is 5.82 Å². The SMILES string of the molecule is CC(C)c1ccnc(-c2ccccc2O)n1. The number of rotatable bonds is 2. The number of aromatic nitrogens is 2. The van der Waals surface area contributed by atoms with Crippen molar-refractivity contribution < 1.29 is 5.11 Å². The Morgan fingerprint density at radius 3 is 2.56 bits per heavy atom. The fourth-order valence-electron chi connectivity index (χ4n) is 1.49. The fourth-order valence-corrected chi connectivity index (χ4v) is 1.49. The average molecular weight is 214 g/mol. The maximum atomic E-state index is 9.71. The minimum atomic E-state index is 0.211. The van der Waals surface area contributed by atoms with E-state index in [0.29, 0.717) is 17.3 Å². The van der Waals surface area contributed by atoms with Gasteiger partial charge in [0.05, 0.1) is 5.56 Å².